The Morgan fingerprint density at radius 1 is 0.929 bits per heavy atom. The number of aromatic nitrogens is 2. The maximum atomic E-state index is 12.2. The van der Waals surface area contributed by atoms with Crippen LogP contribution < -0.4 is 20.3 Å². The van der Waals surface area contributed by atoms with Crippen molar-refractivity contribution in [3.63, 3.8) is 0 Å². The van der Waals surface area contributed by atoms with E-state index >= 15 is 0 Å². The van der Waals surface area contributed by atoms with Crippen LogP contribution in [-0.2, 0) is 6.54 Å². The number of nitrogens with zero attached hydrogens (tertiary/aromatic N) is 2. The summed E-state index contributed by atoms with van der Waals surface area (Å²) in [6.07, 6.45) is 0. The van der Waals surface area contributed by atoms with Crippen LogP contribution in [0.3, 0.4) is 0 Å². The number of carbonyl (C=O) groups is 1. The lowest BCUT2D eigenvalue weighted by atomic mass is 10.1. The zero-order valence-electron chi connectivity index (χ0n) is 15.7. The van der Waals surface area contributed by atoms with Crippen LogP contribution in [0.1, 0.15) is 10.4 Å². The Kier molecular flexibility index (Phi) is 6.06. The molecule has 0 saturated heterocycles. The van der Waals surface area contributed by atoms with Gasteiger partial charge in [-0.2, -0.15) is 5.10 Å². The maximum absolute atomic E-state index is 12.2. The highest BCUT2D eigenvalue weighted by atomic mass is 16.5. The van der Waals surface area contributed by atoms with Gasteiger partial charge in [0.25, 0.3) is 11.5 Å². The fourth-order valence-electron chi connectivity index (χ4n) is 2.64. The molecule has 1 aromatic heterocycles. The van der Waals surface area contributed by atoms with E-state index in [1.54, 1.807) is 44.6 Å². The molecule has 0 atom stereocenters. The first-order chi connectivity index (χ1) is 13.6. The Balaban J connectivity index is 1.64. The molecule has 0 radical (unpaired) electrons. The summed E-state index contributed by atoms with van der Waals surface area (Å²) >= 11 is 0. The smallest absolute Gasteiger partial charge is 0.266 e. The van der Waals surface area contributed by atoms with Crippen LogP contribution in [0.15, 0.2) is 65.5 Å². The first-order valence-corrected chi connectivity index (χ1v) is 8.75. The quantitative estimate of drug-likeness (QED) is 0.681. The van der Waals surface area contributed by atoms with E-state index < -0.39 is 0 Å². The Labute approximate surface area is 162 Å². The number of methoxy groups -OCH3 is 2. The van der Waals surface area contributed by atoms with Gasteiger partial charge in [0.15, 0.2) is 0 Å². The number of ether oxygens (including phenoxy) is 2. The highest BCUT2D eigenvalue weighted by Crippen LogP contribution is 2.19. The molecule has 7 nitrogen and oxygen atoms in total. The predicted octanol–water partition coefficient (Wildman–Crippen LogP) is 2.36. The molecule has 3 aromatic rings. The molecule has 28 heavy (non-hydrogen) atoms. The van der Waals surface area contributed by atoms with Gasteiger partial charge >= 0.3 is 0 Å². The number of hydrogen-bond acceptors (Lipinski definition) is 5. The van der Waals surface area contributed by atoms with Crippen LogP contribution in [0, 0.1) is 0 Å². The third-order valence-corrected chi connectivity index (χ3v) is 4.21. The molecular formula is C21H21N3O4. The molecule has 144 valence electrons. The molecule has 0 aliphatic heterocycles. The molecular weight excluding hydrogens is 358 g/mol. The third-order valence-electron chi connectivity index (χ3n) is 4.21. The normalized spacial score (nSPS) is 10.4. The molecule has 1 amide bonds. The summed E-state index contributed by atoms with van der Waals surface area (Å²) in [6, 6.07) is 17.4. The van der Waals surface area contributed by atoms with E-state index in [0.29, 0.717) is 17.0 Å². The Morgan fingerprint density at radius 2 is 1.54 bits per heavy atom. The van der Waals surface area contributed by atoms with Gasteiger partial charge in [0.1, 0.15) is 11.5 Å². The minimum absolute atomic E-state index is 0.220. The zero-order valence-corrected chi connectivity index (χ0v) is 15.7. The van der Waals surface area contributed by atoms with Crippen molar-refractivity contribution >= 4 is 5.91 Å². The minimum atomic E-state index is -0.226. The molecule has 0 saturated carbocycles. The number of amides is 1. The lowest BCUT2D eigenvalue weighted by molar-refractivity contribution is 0.0951. The predicted molar refractivity (Wildman–Crippen MR) is 106 cm³/mol. The van der Waals surface area contributed by atoms with E-state index in [1.165, 1.54) is 10.7 Å². The summed E-state index contributed by atoms with van der Waals surface area (Å²) in [4.78, 5) is 24.3. The van der Waals surface area contributed by atoms with E-state index in [4.69, 9.17) is 9.47 Å². The molecule has 1 N–H and O–H groups in total. The highest BCUT2D eigenvalue weighted by molar-refractivity contribution is 5.94. The lowest BCUT2D eigenvalue weighted by Gasteiger charge is -2.09. The molecule has 0 bridgehead atoms. The first kappa shape index (κ1) is 19.2. The number of hydrogen-bond donors (Lipinski definition) is 1. The number of benzene rings is 2. The van der Waals surface area contributed by atoms with E-state index in [-0.39, 0.29) is 24.6 Å². The molecule has 0 unspecified atom stereocenters. The lowest BCUT2D eigenvalue weighted by Crippen LogP contribution is -2.31. The largest absolute Gasteiger partial charge is 0.497 e. The molecule has 1 heterocycles. The van der Waals surface area contributed by atoms with Crippen LogP contribution in [0.4, 0.5) is 0 Å². The monoisotopic (exact) mass is 379 g/mol. The fourth-order valence-corrected chi connectivity index (χ4v) is 2.64. The third kappa shape index (κ3) is 4.56. The Hall–Kier alpha value is -3.61. The standard InChI is InChI=1S/C21H21N3O4/c1-27-17-7-3-15(4-8-17)19-11-12-20(25)24(23-19)14-13-22-21(26)16-5-9-18(28-2)10-6-16/h3-12H,13-14H2,1-2H3,(H,22,26). The summed E-state index contributed by atoms with van der Waals surface area (Å²) in [5, 5.41) is 7.18. The van der Waals surface area contributed by atoms with Crippen molar-refractivity contribution in [1.29, 1.82) is 0 Å². The van der Waals surface area contributed by atoms with Crippen molar-refractivity contribution < 1.29 is 14.3 Å². The Bertz CT molecular complexity index is 995. The average Bonchev–Trinajstić information content (AvgIpc) is 2.75. The van der Waals surface area contributed by atoms with Crippen LogP contribution in [0.5, 0.6) is 11.5 Å². The van der Waals surface area contributed by atoms with Gasteiger partial charge < -0.3 is 14.8 Å². The summed E-state index contributed by atoms with van der Waals surface area (Å²) in [5.41, 5.74) is 1.84. The van der Waals surface area contributed by atoms with Gasteiger partial charge in [0, 0.05) is 23.7 Å². The van der Waals surface area contributed by atoms with Gasteiger partial charge in [-0.25, -0.2) is 4.68 Å². The van der Waals surface area contributed by atoms with Crippen LogP contribution in [-0.4, -0.2) is 36.5 Å². The average molecular weight is 379 g/mol. The van der Waals surface area contributed by atoms with Crippen molar-refractivity contribution in [2.24, 2.45) is 0 Å². The van der Waals surface area contributed by atoms with Gasteiger partial charge in [-0.3, -0.25) is 9.59 Å². The molecule has 0 fully saturated rings. The van der Waals surface area contributed by atoms with Crippen molar-refractivity contribution in [2.45, 2.75) is 6.54 Å². The molecule has 0 aliphatic carbocycles. The second-order valence-electron chi connectivity index (χ2n) is 5.99. The Morgan fingerprint density at radius 3 is 2.14 bits per heavy atom. The van der Waals surface area contributed by atoms with Gasteiger partial charge in [0.05, 0.1) is 26.5 Å². The van der Waals surface area contributed by atoms with Gasteiger partial charge in [-0.15, -0.1) is 0 Å². The summed E-state index contributed by atoms with van der Waals surface area (Å²) in [7, 11) is 3.17. The van der Waals surface area contributed by atoms with Gasteiger partial charge in [0.2, 0.25) is 0 Å². The van der Waals surface area contributed by atoms with Gasteiger partial charge in [-0.1, -0.05) is 0 Å². The van der Waals surface area contributed by atoms with Crippen LogP contribution in [0.2, 0.25) is 0 Å². The summed E-state index contributed by atoms with van der Waals surface area (Å²) in [5.74, 6) is 1.21. The number of rotatable bonds is 7. The van der Waals surface area contributed by atoms with E-state index in [1.807, 2.05) is 24.3 Å². The van der Waals surface area contributed by atoms with Crippen LogP contribution in [0.25, 0.3) is 11.3 Å². The molecule has 7 heteroatoms. The molecule has 3 rings (SSSR count). The number of carbonyl (C=O) groups excluding carboxylic acids is 1. The van der Waals surface area contributed by atoms with Crippen molar-refractivity contribution in [2.75, 3.05) is 20.8 Å². The minimum Gasteiger partial charge on any atom is -0.497 e. The van der Waals surface area contributed by atoms with E-state index in [0.717, 1.165) is 11.3 Å². The van der Waals surface area contributed by atoms with Crippen LogP contribution >= 0.6 is 0 Å². The summed E-state index contributed by atoms with van der Waals surface area (Å²) in [6.45, 7) is 0.550. The van der Waals surface area contributed by atoms with Crippen molar-refractivity contribution in [3.05, 3.63) is 76.6 Å². The van der Waals surface area contributed by atoms with E-state index in [2.05, 4.69) is 10.4 Å². The second kappa shape index (κ2) is 8.85. The molecule has 2 aromatic carbocycles. The second-order valence-corrected chi connectivity index (χ2v) is 5.99. The van der Waals surface area contributed by atoms with Gasteiger partial charge in [-0.05, 0) is 54.6 Å². The molecule has 0 spiro atoms. The topological polar surface area (TPSA) is 82.4 Å². The molecule has 0 aliphatic rings. The maximum Gasteiger partial charge on any atom is 0.266 e. The summed E-state index contributed by atoms with van der Waals surface area (Å²) < 4.78 is 11.6. The SMILES string of the molecule is COc1ccc(C(=O)NCCn2nc(-c3ccc(OC)cc3)ccc2=O)cc1. The highest BCUT2D eigenvalue weighted by Gasteiger charge is 2.07. The first-order valence-electron chi connectivity index (χ1n) is 8.75. The number of nitrogens with one attached hydrogen (secondary N) is 1. The van der Waals surface area contributed by atoms with E-state index in [9.17, 15) is 9.59 Å². The van der Waals surface area contributed by atoms with Crippen molar-refractivity contribution in [3.8, 4) is 22.8 Å². The fraction of sp³-hybridized carbons (Fsp3) is 0.190. The van der Waals surface area contributed by atoms with Crippen molar-refractivity contribution in [1.82, 2.24) is 15.1 Å². The zero-order chi connectivity index (χ0) is 19.9.